The number of hydrogen-bond donors (Lipinski definition) is 1. The zero-order chi connectivity index (χ0) is 13.1. The summed E-state index contributed by atoms with van der Waals surface area (Å²) in [6.07, 6.45) is 0. The van der Waals surface area contributed by atoms with E-state index in [9.17, 15) is 0 Å². The van der Waals surface area contributed by atoms with Crippen molar-refractivity contribution in [2.75, 3.05) is 25.6 Å². The van der Waals surface area contributed by atoms with E-state index in [1.54, 1.807) is 7.11 Å². The first-order valence-corrected chi connectivity index (χ1v) is 6.46. The van der Waals surface area contributed by atoms with Crippen molar-refractivity contribution in [3.63, 3.8) is 0 Å². The number of ether oxygens (including phenoxy) is 2. The van der Waals surface area contributed by atoms with Gasteiger partial charge in [-0.15, -0.1) is 0 Å². The van der Waals surface area contributed by atoms with Crippen LogP contribution in [0.3, 0.4) is 0 Å². The second kappa shape index (κ2) is 5.22. The van der Waals surface area contributed by atoms with Gasteiger partial charge >= 0.3 is 0 Å². The minimum atomic E-state index is 0.415. The molecule has 0 saturated heterocycles. The van der Waals surface area contributed by atoms with Gasteiger partial charge in [0.15, 0.2) is 0 Å². The Morgan fingerprint density at radius 1 is 1.05 bits per heavy atom. The van der Waals surface area contributed by atoms with Crippen LogP contribution in [0.1, 0.15) is 11.5 Å². The third kappa shape index (κ3) is 2.50. The lowest BCUT2D eigenvalue weighted by Gasteiger charge is -2.12. The van der Waals surface area contributed by atoms with Crippen LogP contribution in [-0.4, -0.2) is 20.3 Å². The molecular weight excluding hydrogens is 238 g/mol. The zero-order valence-electron chi connectivity index (χ0n) is 10.9. The summed E-state index contributed by atoms with van der Waals surface area (Å²) in [5.74, 6) is 2.14. The lowest BCUT2D eigenvalue weighted by molar-refractivity contribution is 0.295. The lowest BCUT2D eigenvalue weighted by atomic mass is 10.0. The molecule has 98 valence electrons. The van der Waals surface area contributed by atoms with Gasteiger partial charge in [-0.2, -0.15) is 0 Å². The van der Waals surface area contributed by atoms with E-state index >= 15 is 0 Å². The van der Waals surface area contributed by atoms with E-state index in [1.807, 2.05) is 24.3 Å². The molecule has 3 nitrogen and oxygen atoms in total. The Hall–Kier alpha value is -2.16. The number of benzene rings is 2. The highest BCUT2D eigenvalue weighted by atomic mass is 16.5. The van der Waals surface area contributed by atoms with Crippen LogP contribution in [0.15, 0.2) is 48.5 Å². The zero-order valence-corrected chi connectivity index (χ0v) is 10.9. The summed E-state index contributed by atoms with van der Waals surface area (Å²) in [5, 5.41) is 3.40. The van der Waals surface area contributed by atoms with E-state index in [4.69, 9.17) is 9.47 Å². The Labute approximate surface area is 113 Å². The molecule has 1 aliphatic heterocycles. The van der Waals surface area contributed by atoms with E-state index < -0.39 is 0 Å². The molecule has 0 fully saturated rings. The highest BCUT2D eigenvalue weighted by molar-refractivity contribution is 5.57. The van der Waals surface area contributed by atoms with Gasteiger partial charge in [0.05, 0.1) is 13.7 Å². The smallest absolute Gasteiger partial charge is 0.119 e. The summed E-state index contributed by atoms with van der Waals surface area (Å²) in [6, 6.07) is 16.1. The summed E-state index contributed by atoms with van der Waals surface area (Å²) in [6.45, 7) is 1.63. The normalized spacial score (nSPS) is 16.6. The van der Waals surface area contributed by atoms with Gasteiger partial charge in [-0.1, -0.05) is 18.2 Å². The van der Waals surface area contributed by atoms with E-state index in [1.165, 1.54) is 11.3 Å². The molecule has 0 spiro atoms. The Morgan fingerprint density at radius 3 is 2.58 bits per heavy atom. The third-order valence-corrected chi connectivity index (χ3v) is 3.45. The van der Waals surface area contributed by atoms with E-state index in [-0.39, 0.29) is 0 Å². The van der Waals surface area contributed by atoms with Crippen LogP contribution >= 0.6 is 0 Å². The Bertz CT molecular complexity index is 551. The van der Waals surface area contributed by atoms with Crippen molar-refractivity contribution in [2.24, 2.45) is 0 Å². The number of methoxy groups -OCH3 is 1. The predicted molar refractivity (Wildman–Crippen MR) is 76.2 cm³/mol. The Balaban J connectivity index is 1.64. The average Bonchev–Trinajstić information content (AvgIpc) is 2.89. The molecule has 0 amide bonds. The van der Waals surface area contributed by atoms with Crippen LogP contribution in [0.5, 0.6) is 11.5 Å². The van der Waals surface area contributed by atoms with Gasteiger partial charge in [0.2, 0.25) is 0 Å². The van der Waals surface area contributed by atoms with Crippen molar-refractivity contribution in [3.05, 3.63) is 54.1 Å². The SMILES string of the molecule is COc1ccc(OCC2CNc3ccccc32)cc1. The minimum absolute atomic E-state index is 0.415. The Kier molecular flexibility index (Phi) is 3.27. The number of hydrogen-bond acceptors (Lipinski definition) is 3. The number of anilines is 1. The fourth-order valence-electron chi connectivity index (χ4n) is 2.37. The highest BCUT2D eigenvalue weighted by Gasteiger charge is 2.21. The molecule has 0 saturated carbocycles. The predicted octanol–water partition coefficient (Wildman–Crippen LogP) is 3.28. The second-order valence-corrected chi connectivity index (χ2v) is 4.65. The van der Waals surface area contributed by atoms with Gasteiger partial charge in [0.25, 0.3) is 0 Å². The molecule has 0 aromatic heterocycles. The molecule has 0 radical (unpaired) electrons. The topological polar surface area (TPSA) is 30.5 Å². The van der Waals surface area contributed by atoms with Crippen LogP contribution < -0.4 is 14.8 Å². The van der Waals surface area contributed by atoms with Crippen LogP contribution in [0, 0.1) is 0 Å². The minimum Gasteiger partial charge on any atom is -0.497 e. The number of para-hydroxylation sites is 1. The molecule has 1 heterocycles. The molecule has 2 aromatic rings. The van der Waals surface area contributed by atoms with Crippen molar-refractivity contribution >= 4 is 5.69 Å². The molecule has 19 heavy (non-hydrogen) atoms. The maximum Gasteiger partial charge on any atom is 0.119 e. The van der Waals surface area contributed by atoms with Crippen LogP contribution in [0.4, 0.5) is 5.69 Å². The van der Waals surface area contributed by atoms with Crippen molar-refractivity contribution < 1.29 is 9.47 Å². The molecule has 1 N–H and O–H groups in total. The van der Waals surface area contributed by atoms with Crippen molar-refractivity contribution in [2.45, 2.75) is 5.92 Å². The van der Waals surface area contributed by atoms with Crippen molar-refractivity contribution in [3.8, 4) is 11.5 Å². The van der Waals surface area contributed by atoms with Crippen molar-refractivity contribution in [1.82, 2.24) is 0 Å². The molecule has 1 aliphatic rings. The molecule has 1 unspecified atom stereocenters. The number of nitrogens with one attached hydrogen (secondary N) is 1. The first-order valence-electron chi connectivity index (χ1n) is 6.46. The monoisotopic (exact) mass is 255 g/mol. The first-order chi connectivity index (χ1) is 9.36. The maximum absolute atomic E-state index is 5.85. The first kappa shape index (κ1) is 11.9. The summed E-state index contributed by atoms with van der Waals surface area (Å²) in [4.78, 5) is 0. The van der Waals surface area contributed by atoms with E-state index in [0.717, 1.165) is 18.0 Å². The maximum atomic E-state index is 5.85. The Morgan fingerprint density at radius 2 is 1.79 bits per heavy atom. The molecule has 0 aliphatic carbocycles. The largest absolute Gasteiger partial charge is 0.497 e. The quantitative estimate of drug-likeness (QED) is 0.909. The van der Waals surface area contributed by atoms with Gasteiger partial charge in [-0.3, -0.25) is 0 Å². The standard InChI is InChI=1S/C16H17NO2/c1-18-13-6-8-14(9-7-13)19-11-12-10-17-16-5-3-2-4-15(12)16/h2-9,12,17H,10-11H2,1H3. The van der Waals surface area contributed by atoms with Gasteiger partial charge in [-0.25, -0.2) is 0 Å². The molecule has 1 atom stereocenters. The highest BCUT2D eigenvalue weighted by Crippen LogP contribution is 2.31. The molecule has 0 bridgehead atoms. The summed E-state index contributed by atoms with van der Waals surface area (Å²) in [7, 11) is 1.66. The van der Waals surface area contributed by atoms with E-state index in [0.29, 0.717) is 12.5 Å². The van der Waals surface area contributed by atoms with Crippen LogP contribution in [0.2, 0.25) is 0 Å². The number of rotatable bonds is 4. The summed E-state index contributed by atoms with van der Waals surface area (Å²) >= 11 is 0. The molecule has 3 rings (SSSR count). The lowest BCUT2D eigenvalue weighted by Crippen LogP contribution is -2.12. The van der Waals surface area contributed by atoms with Crippen LogP contribution in [0.25, 0.3) is 0 Å². The molecular formula is C16H17NO2. The number of fused-ring (bicyclic) bond motifs is 1. The van der Waals surface area contributed by atoms with Gasteiger partial charge in [0, 0.05) is 18.2 Å². The fourth-order valence-corrected chi connectivity index (χ4v) is 2.37. The van der Waals surface area contributed by atoms with Gasteiger partial charge < -0.3 is 14.8 Å². The fraction of sp³-hybridized carbons (Fsp3) is 0.250. The summed E-state index contributed by atoms with van der Waals surface area (Å²) in [5.41, 5.74) is 2.57. The van der Waals surface area contributed by atoms with Crippen LogP contribution in [-0.2, 0) is 0 Å². The van der Waals surface area contributed by atoms with Gasteiger partial charge in [0.1, 0.15) is 11.5 Å². The van der Waals surface area contributed by atoms with Crippen molar-refractivity contribution in [1.29, 1.82) is 0 Å². The average molecular weight is 255 g/mol. The van der Waals surface area contributed by atoms with Gasteiger partial charge in [-0.05, 0) is 35.9 Å². The molecule has 2 aromatic carbocycles. The second-order valence-electron chi connectivity index (χ2n) is 4.65. The molecule has 3 heteroatoms. The summed E-state index contributed by atoms with van der Waals surface area (Å²) < 4.78 is 11.0. The van der Waals surface area contributed by atoms with E-state index in [2.05, 4.69) is 29.6 Å². The third-order valence-electron chi connectivity index (χ3n) is 3.45.